The summed E-state index contributed by atoms with van der Waals surface area (Å²) in [6.45, 7) is 6.70. The van der Waals surface area contributed by atoms with Crippen molar-refractivity contribution < 1.29 is 17.9 Å². The minimum Gasteiger partial charge on any atom is -0.444 e. The number of carbonyl (C=O) groups is 1. The van der Waals surface area contributed by atoms with Gasteiger partial charge < -0.3 is 15.0 Å². The largest absolute Gasteiger partial charge is 0.444 e. The Balaban J connectivity index is 1.79. The molecular weight excluding hydrogens is 292 g/mol. The Hall–Kier alpha value is -0.820. The highest BCUT2D eigenvalue weighted by atomic mass is 32.2. The molecule has 1 saturated heterocycles. The van der Waals surface area contributed by atoms with Crippen molar-refractivity contribution in [1.29, 1.82) is 0 Å². The number of hydrogen-bond acceptors (Lipinski definition) is 5. The van der Waals surface area contributed by atoms with Crippen LogP contribution in [0, 0.1) is 0 Å². The Kier molecular flexibility index (Phi) is 4.54. The van der Waals surface area contributed by atoms with Gasteiger partial charge in [-0.1, -0.05) is 6.42 Å². The number of rotatable bonds is 3. The summed E-state index contributed by atoms with van der Waals surface area (Å²) in [5.74, 6) is 0. The molecule has 0 spiro atoms. The average molecular weight is 318 g/mol. The minimum absolute atomic E-state index is 0.0192. The molecule has 1 aliphatic heterocycles. The molecule has 0 radical (unpaired) electrons. The maximum atomic E-state index is 11.8. The van der Waals surface area contributed by atoms with Crippen molar-refractivity contribution in [3.63, 3.8) is 0 Å². The van der Waals surface area contributed by atoms with Crippen LogP contribution in [0.3, 0.4) is 0 Å². The highest BCUT2D eigenvalue weighted by Crippen LogP contribution is 2.26. The van der Waals surface area contributed by atoms with Crippen molar-refractivity contribution in [3.05, 3.63) is 0 Å². The Bertz CT molecular complexity index is 492. The lowest BCUT2D eigenvalue weighted by Crippen LogP contribution is -2.63. The van der Waals surface area contributed by atoms with Gasteiger partial charge in [0.25, 0.3) is 0 Å². The van der Waals surface area contributed by atoms with Crippen LogP contribution < -0.4 is 5.32 Å². The molecule has 0 aromatic carbocycles. The summed E-state index contributed by atoms with van der Waals surface area (Å²) >= 11 is 0. The highest BCUT2D eigenvalue weighted by Gasteiger charge is 2.40. The maximum absolute atomic E-state index is 11.8. The number of ether oxygens (including phenoxy) is 1. The van der Waals surface area contributed by atoms with Crippen LogP contribution >= 0.6 is 0 Å². The van der Waals surface area contributed by atoms with Crippen LogP contribution in [0.2, 0.25) is 0 Å². The molecule has 1 heterocycles. The number of hydrogen-bond donors (Lipinski definition) is 1. The van der Waals surface area contributed by atoms with Gasteiger partial charge in [-0.05, 0) is 33.6 Å². The molecule has 1 aliphatic carbocycles. The van der Waals surface area contributed by atoms with Crippen molar-refractivity contribution in [2.24, 2.45) is 0 Å². The first-order valence-corrected chi connectivity index (χ1v) is 9.44. The van der Waals surface area contributed by atoms with E-state index in [1.165, 1.54) is 6.26 Å². The van der Waals surface area contributed by atoms with E-state index in [1.807, 2.05) is 20.8 Å². The van der Waals surface area contributed by atoms with Gasteiger partial charge in [0.1, 0.15) is 5.60 Å². The van der Waals surface area contributed by atoms with E-state index >= 15 is 0 Å². The van der Waals surface area contributed by atoms with Crippen LogP contribution in [-0.4, -0.2) is 61.7 Å². The Morgan fingerprint density at radius 2 is 1.86 bits per heavy atom. The smallest absolute Gasteiger partial charge is 0.410 e. The summed E-state index contributed by atoms with van der Waals surface area (Å²) in [5, 5.41) is 3.11. The predicted molar refractivity (Wildman–Crippen MR) is 81.0 cm³/mol. The normalized spacial score (nSPS) is 27.5. The molecule has 2 aliphatic rings. The third kappa shape index (κ3) is 4.32. The fraction of sp³-hybridized carbons (Fsp3) is 0.929. The Morgan fingerprint density at radius 3 is 2.38 bits per heavy atom. The third-order valence-electron chi connectivity index (χ3n) is 3.99. The maximum Gasteiger partial charge on any atom is 0.410 e. The van der Waals surface area contributed by atoms with E-state index in [1.54, 1.807) is 4.90 Å². The molecule has 1 amide bonds. The van der Waals surface area contributed by atoms with Gasteiger partial charge in [-0.2, -0.15) is 0 Å². The number of nitrogens with one attached hydrogen (secondary N) is 1. The second-order valence-electron chi connectivity index (χ2n) is 7.15. The summed E-state index contributed by atoms with van der Waals surface area (Å²) in [5.41, 5.74) is -0.484. The molecule has 21 heavy (non-hydrogen) atoms. The molecule has 2 fully saturated rings. The summed E-state index contributed by atoms with van der Waals surface area (Å²) in [4.78, 5) is 13.5. The van der Waals surface area contributed by atoms with Crippen molar-refractivity contribution in [2.45, 2.75) is 63.0 Å². The number of likely N-dealkylation sites (tertiary alicyclic amines) is 1. The molecule has 2 unspecified atom stereocenters. The lowest BCUT2D eigenvalue weighted by atomic mass is 10.1. The summed E-state index contributed by atoms with van der Waals surface area (Å²) in [6, 6.07) is 0.190. The summed E-state index contributed by atoms with van der Waals surface area (Å²) in [7, 11) is -3.00. The number of sulfone groups is 1. The van der Waals surface area contributed by atoms with E-state index in [4.69, 9.17) is 4.74 Å². The van der Waals surface area contributed by atoms with E-state index in [-0.39, 0.29) is 23.4 Å². The Labute approximate surface area is 127 Å². The van der Waals surface area contributed by atoms with Crippen LogP contribution in [-0.2, 0) is 14.6 Å². The van der Waals surface area contributed by atoms with Gasteiger partial charge in [-0.25, -0.2) is 13.2 Å². The molecule has 2 rings (SSSR count). The quantitative estimate of drug-likeness (QED) is 0.845. The van der Waals surface area contributed by atoms with Gasteiger partial charge in [-0.3, -0.25) is 0 Å². The summed E-state index contributed by atoms with van der Waals surface area (Å²) < 4.78 is 28.8. The van der Waals surface area contributed by atoms with Crippen molar-refractivity contribution in [2.75, 3.05) is 19.3 Å². The standard InChI is InChI=1S/C14H26N2O4S/c1-14(2,3)20-13(17)16-8-10(9-16)15-11-6-5-7-12(11)21(4,18)19/h10-12,15H,5-9H2,1-4H3. The van der Waals surface area contributed by atoms with Gasteiger partial charge in [-0.15, -0.1) is 0 Å². The van der Waals surface area contributed by atoms with E-state index in [0.717, 1.165) is 19.3 Å². The topological polar surface area (TPSA) is 75.7 Å². The average Bonchev–Trinajstić information content (AvgIpc) is 2.67. The lowest BCUT2D eigenvalue weighted by molar-refractivity contribution is 0.00426. The van der Waals surface area contributed by atoms with E-state index in [9.17, 15) is 13.2 Å². The molecule has 122 valence electrons. The zero-order valence-corrected chi connectivity index (χ0v) is 14.1. The number of amides is 1. The van der Waals surface area contributed by atoms with Gasteiger partial charge >= 0.3 is 6.09 Å². The zero-order valence-electron chi connectivity index (χ0n) is 13.3. The van der Waals surface area contributed by atoms with Crippen LogP contribution in [0.1, 0.15) is 40.0 Å². The zero-order chi connectivity index (χ0) is 15.8. The van der Waals surface area contributed by atoms with Gasteiger partial charge in [0.05, 0.1) is 5.25 Å². The second-order valence-corrected chi connectivity index (χ2v) is 9.42. The fourth-order valence-electron chi connectivity index (χ4n) is 2.99. The lowest BCUT2D eigenvalue weighted by Gasteiger charge is -2.42. The van der Waals surface area contributed by atoms with Gasteiger partial charge in [0, 0.05) is 31.4 Å². The first-order chi connectivity index (χ1) is 9.56. The van der Waals surface area contributed by atoms with Crippen molar-refractivity contribution in [1.82, 2.24) is 10.2 Å². The first-order valence-electron chi connectivity index (χ1n) is 7.49. The molecule has 0 aromatic heterocycles. The van der Waals surface area contributed by atoms with E-state index in [0.29, 0.717) is 13.1 Å². The molecule has 7 heteroatoms. The van der Waals surface area contributed by atoms with Crippen LogP contribution in [0.25, 0.3) is 0 Å². The molecule has 2 atom stereocenters. The van der Waals surface area contributed by atoms with Gasteiger partial charge in [0.2, 0.25) is 0 Å². The third-order valence-corrected chi connectivity index (χ3v) is 5.65. The molecule has 0 aromatic rings. The highest BCUT2D eigenvalue weighted by molar-refractivity contribution is 7.91. The van der Waals surface area contributed by atoms with Crippen molar-refractivity contribution in [3.8, 4) is 0 Å². The number of carbonyl (C=O) groups excluding carboxylic acids is 1. The monoisotopic (exact) mass is 318 g/mol. The second kappa shape index (κ2) is 5.76. The van der Waals surface area contributed by atoms with E-state index < -0.39 is 15.4 Å². The van der Waals surface area contributed by atoms with Gasteiger partial charge in [0.15, 0.2) is 9.84 Å². The fourth-order valence-corrected chi connectivity index (χ4v) is 4.40. The Morgan fingerprint density at radius 1 is 1.24 bits per heavy atom. The van der Waals surface area contributed by atoms with Crippen LogP contribution in [0.15, 0.2) is 0 Å². The molecule has 6 nitrogen and oxygen atoms in total. The molecular formula is C14H26N2O4S. The molecule has 1 N–H and O–H groups in total. The van der Waals surface area contributed by atoms with E-state index in [2.05, 4.69) is 5.32 Å². The summed E-state index contributed by atoms with van der Waals surface area (Å²) in [6.07, 6.45) is 3.58. The van der Waals surface area contributed by atoms with Crippen LogP contribution in [0.5, 0.6) is 0 Å². The molecule has 0 bridgehead atoms. The van der Waals surface area contributed by atoms with Crippen molar-refractivity contribution >= 4 is 15.9 Å². The first kappa shape index (κ1) is 16.5. The predicted octanol–water partition coefficient (Wildman–Crippen LogP) is 1.16. The van der Waals surface area contributed by atoms with Crippen LogP contribution in [0.4, 0.5) is 4.79 Å². The molecule has 1 saturated carbocycles. The SMILES string of the molecule is CC(C)(C)OC(=O)N1CC(NC2CCCC2S(C)(=O)=O)C1. The minimum atomic E-state index is -3.00. The number of nitrogens with zero attached hydrogens (tertiary/aromatic N) is 1.